The molecule has 168 valence electrons. The highest BCUT2D eigenvalue weighted by Gasteiger charge is 2.34. The summed E-state index contributed by atoms with van der Waals surface area (Å²) in [6.45, 7) is 0.203. The van der Waals surface area contributed by atoms with Crippen LogP contribution in [0.5, 0.6) is 11.5 Å². The van der Waals surface area contributed by atoms with Crippen LogP contribution in [-0.4, -0.2) is 23.9 Å². The molecule has 6 nitrogen and oxygen atoms in total. The number of nitrogens with one attached hydrogen (secondary N) is 1. The van der Waals surface area contributed by atoms with Gasteiger partial charge >= 0.3 is 6.03 Å². The second-order valence-corrected chi connectivity index (χ2v) is 8.12. The topological polar surface area (TPSA) is 67.9 Å². The van der Waals surface area contributed by atoms with Gasteiger partial charge in [0, 0.05) is 10.0 Å². The van der Waals surface area contributed by atoms with Crippen molar-refractivity contribution in [3.05, 3.63) is 99.4 Å². The van der Waals surface area contributed by atoms with Gasteiger partial charge in [-0.2, -0.15) is 0 Å². The van der Waals surface area contributed by atoms with Crippen molar-refractivity contribution in [3.63, 3.8) is 0 Å². The number of ether oxygens (including phenoxy) is 2. The molecule has 3 aromatic carbocycles. The van der Waals surface area contributed by atoms with Gasteiger partial charge in [0.25, 0.3) is 5.91 Å². The number of nitrogens with zero attached hydrogens (tertiary/aromatic N) is 1. The fourth-order valence-electron chi connectivity index (χ4n) is 3.34. The van der Waals surface area contributed by atoms with Crippen molar-refractivity contribution >= 4 is 33.9 Å². The van der Waals surface area contributed by atoms with Gasteiger partial charge in [-0.15, -0.1) is 0 Å². The second kappa shape index (κ2) is 9.87. The molecule has 1 aliphatic rings. The Labute approximate surface area is 198 Å². The number of amides is 3. The maximum atomic E-state index is 14.0. The number of benzene rings is 3. The number of imide groups is 1. The summed E-state index contributed by atoms with van der Waals surface area (Å²) < 4.78 is 26.0. The second-order valence-electron chi connectivity index (χ2n) is 7.27. The number of urea groups is 1. The van der Waals surface area contributed by atoms with Crippen LogP contribution in [0.2, 0.25) is 0 Å². The summed E-state index contributed by atoms with van der Waals surface area (Å²) in [7, 11) is 1.52. The van der Waals surface area contributed by atoms with Crippen LogP contribution in [-0.2, 0) is 17.9 Å². The summed E-state index contributed by atoms with van der Waals surface area (Å²) >= 11 is 3.49. The number of rotatable bonds is 7. The average Bonchev–Trinajstić information content (AvgIpc) is 3.08. The van der Waals surface area contributed by atoms with Crippen molar-refractivity contribution in [1.29, 1.82) is 0 Å². The fraction of sp³-hybridized carbons (Fsp3) is 0.120. The Balaban J connectivity index is 1.55. The Morgan fingerprint density at radius 2 is 1.76 bits per heavy atom. The largest absolute Gasteiger partial charge is 0.493 e. The van der Waals surface area contributed by atoms with E-state index in [4.69, 9.17) is 9.47 Å². The molecule has 0 atom stereocenters. The summed E-state index contributed by atoms with van der Waals surface area (Å²) in [5.41, 5.74) is 1.95. The van der Waals surface area contributed by atoms with E-state index in [2.05, 4.69) is 21.2 Å². The molecule has 0 bridgehead atoms. The van der Waals surface area contributed by atoms with E-state index in [0.717, 1.165) is 10.5 Å². The molecule has 0 unspecified atom stereocenters. The third-order valence-corrected chi connectivity index (χ3v) is 5.76. The molecule has 1 saturated heterocycles. The van der Waals surface area contributed by atoms with Gasteiger partial charge in [0.1, 0.15) is 18.1 Å². The number of carbonyl (C=O) groups excluding carboxylic acids is 2. The summed E-state index contributed by atoms with van der Waals surface area (Å²) in [6, 6.07) is 18.6. The van der Waals surface area contributed by atoms with Gasteiger partial charge in [0.15, 0.2) is 11.5 Å². The molecule has 1 fully saturated rings. The van der Waals surface area contributed by atoms with Gasteiger partial charge < -0.3 is 14.8 Å². The van der Waals surface area contributed by atoms with Crippen molar-refractivity contribution in [1.82, 2.24) is 10.2 Å². The van der Waals surface area contributed by atoms with Gasteiger partial charge in [-0.25, -0.2) is 9.18 Å². The Bertz CT molecular complexity index is 1230. The van der Waals surface area contributed by atoms with E-state index in [0.29, 0.717) is 28.1 Å². The van der Waals surface area contributed by atoms with E-state index in [-0.39, 0.29) is 17.8 Å². The van der Waals surface area contributed by atoms with Crippen LogP contribution in [0.15, 0.2) is 76.9 Å². The lowest BCUT2D eigenvalue weighted by Crippen LogP contribution is -2.30. The van der Waals surface area contributed by atoms with Crippen LogP contribution in [0.25, 0.3) is 6.08 Å². The zero-order valence-corrected chi connectivity index (χ0v) is 19.3. The molecule has 0 spiro atoms. The van der Waals surface area contributed by atoms with Gasteiger partial charge in [-0.05, 0) is 35.4 Å². The SMILES string of the molecule is COc1cc(/C=C2/NC(=O)N(Cc3ccccc3F)C2=O)c(Br)cc1OCc1ccccc1. The maximum Gasteiger partial charge on any atom is 0.329 e. The van der Waals surface area contributed by atoms with Crippen molar-refractivity contribution in [2.75, 3.05) is 7.11 Å². The fourth-order valence-corrected chi connectivity index (χ4v) is 3.77. The molecule has 0 aliphatic carbocycles. The minimum atomic E-state index is -0.611. The van der Waals surface area contributed by atoms with Crippen LogP contribution in [0.4, 0.5) is 9.18 Å². The Morgan fingerprint density at radius 1 is 1.03 bits per heavy atom. The molecule has 0 saturated carbocycles. The summed E-state index contributed by atoms with van der Waals surface area (Å²) in [4.78, 5) is 26.1. The molecule has 3 amide bonds. The number of carbonyl (C=O) groups is 2. The average molecular weight is 511 g/mol. The number of hydrogen-bond acceptors (Lipinski definition) is 4. The van der Waals surface area contributed by atoms with Crippen molar-refractivity contribution in [3.8, 4) is 11.5 Å². The monoisotopic (exact) mass is 510 g/mol. The summed E-state index contributed by atoms with van der Waals surface area (Å²) in [6.07, 6.45) is 1.54. The molecular formula is C25H20BrFN2O4. The minimum absolute atomic E-state index is 0.0806. The quantitative estimate of drug-likeness (QED) is 0.347. The summed E-state index contributed by atoms with van der Waals surface area (Å²) in [5, 5.41) is 2.55. The highest BCUT2D eigenvalue weighted by molar-refractivity contribution is 9.10. The van der Waals surface area contributed by atoms with E-state index in [1.807, 2.05) is 30.3 Å². The molecular weight excluding hydrogens is 491 g/mol. The van der Waals surface area contributed by atoms with E-state index in [1.165, 1.54) is 25.3 Å². The molecule has 0 radical (unpaired) electrons. The van der Waals surface area contributed by atoms with Crippen molar-refractivity contribution in [2.24, 2.45) is 0 Å². The lowest BCUT2D eigenvalue weighted by Gasteiger charge is -2.13. The van der Waals surface area contributed by atoms with E-state index in [9.17, 15) is 14.0 Å². The van der Waals surface area contributed by atoms with E-state index in [1.54, 1.807) is 24.3 Å². The Morgan fingerprint density at radius 3 is 2.48 bits per heavy atom. The van der Waals surface area contributed by atoms with Crippen LogP contribution < -0.4 is 14.8 Å². The first-order valence-corrected chi connectivity index (χ1v) is 10.9. The lowest BCUT2D eigenvalue weighted by atomic mass is 10.1. The van der Waals surface area contributed by atoms with Crippen LogP contribution >= 0.6 is 15.9 Å². The molecule has 4 rings (SSSR count). The standard InChI is InChI=1S/C25H20BrFN2O4/c1-32-22-12-18(19(26)13-23(22)33-15-16-7-3-2-4-8-16)11-21-24(30)29(25(31)28-21)14-17-9-5-6-10-20(17)27/h2-13H,14-15H2,1H3,(H,28,31)/b21-11+. The molecule has 3 aromatic rings. The van der Waals surface area contributed by atoms with Crippen molar-refractivity contribution in [2.45, 2.75) is 13.2 Å². The first-order valence-electron chi connectivity index (χ1n) is 10.1. The zero-order valence-electron chi connectivity index (χ0n) is 17.7. The number of methoxy groups -OCH3 is 1. The first kappa shape index (κ1) is 22.5. The smallest absolute Gasteiger partial charge is 0.329 e. The molecule has 8 heteroatoms. The van der Waals surface area contributed by atoms with Crippen molar-refractivity contribution < 1.29 is 23.5 Å². The predicted octanol–water partition coefficient (Wildman–Crippen LogP) is 5.27. The lowest BCUT2D eigenvalue weighted by molar-refractivity contribution is -0.123. The first-order chi connectivity index (χ1) is 16.0. The highest BCUT2D eigenvalue weighted by Crippen LogP contribution is 2.35. The third-order valence-electron chi connectivity index (χ3n) is 5.07. The van der Waals surface area contributed by atoms with Crippen LogP contribution in [0.3, 0.4) is 0 Å². The van der Waals surface area contributed by atoms with Gasteiger partial charge in [0.2, 0.25) is 0 Å². The Hall–Kier alpha value is -3.65. The molecule has 1 aliphatic heterocycles. The third kappa shape index (κ3) is 5.06. The zero-order chi connectivity index (χ0) is 23.4. The van der Waals surface area contributed by atoms with E-state index < -0.39 is 17.8 Å². The van der Waals surface area contributed by atoms with Crippen LogP contribution in [0.1, 0.15) is 16.7 Å². The minimum Gasteiger partial charge on any atom is -0.493 e. The van der Waals surface area contributed by atoms with Gasteiger partial charge in [-0.3, -0.25) is 9.69 Å². The highest BCUT2D eigenvalue weighted by atomic mass is 79.9. The molecule has 33 heavy (non-hydrogen) atoms. The van der Waals surface area contributed by atoms with Gasteiger partial charge in [-0.1, -0.05) is 64.5 Å². The maximum absolute atomic E-state index is 14.0. The molecule has 1 N–H and O–H groups in total. The molecule has 0 aromatic heterocycles. The normalized spacial score (nSPS) is 14.5. The van der Waals surface area contributed by atoms with E-state index >= 15 is 0 Å². The van der Waals surface area contributed by atoms with Crippen LogP contribution in [0, 0.1) is 5.82 Å². The predicted molar refractivity (Wildman–Crippen MR) is 125 cm³/mol. The molecule has 1 heterocycles. The number of hydrogen-bond donors (Lipinski definition) is 1. The summed E-state index contributed by atoms with van der Waals surface area (Å²) in [5.74, 6) is -0.0214. The Kier molecular flexibility index (Phi) is 6.74. The number of halogens is 2. The van der Waals surface area contributed by atoms with Gasteiger partial charge in [0.05, 0.1) is 13.7 Å².